The van der Waals surface area contributed by atoms with Gasteiger partial charge in [-0.05, 0) is 19.1 Å². The molecule has 1 amide bonds. The van der Waals surface area contributed by atoms with Crippen LogP contribution in [0.1, 0.15) is 17.5 Å². The minimum atomic E-state index is -4.06. The van der Waals surface area contributed by atoms with Gasteiger partial charge in [-0.15, -0.1) is 0 Å². The zero-order valence-electron chi connectivity index (χ0n) is 8.21. The van der Waals surface area contributed by atoms with E-state index in [-0.39, 0.29) is 0 Å². The summed E-state index contributed by atoms with van der Waals surface area (Å²) < 4.78 is 27.8. The van der Waals surface area contributed by atoms with Crippen molar-refractivity contribution in [3.63, 3.8) is 0 Å². The van der Waals surface area contributed by atoms with E-state index in [2.05, 4.69) is 4.42 Å². The number of carboxylic acid groups (broad SMARTS) is 1. The number of amides is 1. The molecule has 0 saturated heterocycles. The van der Waals surface area contributed by atoms with E-state index >= 15 is 0 Å². The van der Waals surface area contributed by atoms with Gasteiger partial charge in [0.05, 0.1) is 0 Å². The number of rotatable bonds is 4. The second kappa shape index (κ2) is 3.97. The Hall–Kier alpha value is -1.83. The average Bonchev–Trinajstić information content (AvgIpc) is 2.65. The summed E-state index contributed by atoms with van der Waals surface area (Å²) in [6.45, 7) is 1.10. The van der Waals surface area contributed by atoms with Gasteiger partial charge >= 0.3 is 5.97 Å². The first-order chi connectivity index (χ1) is 7.26. The standard InChI is InChI=1S/C8H9NO6S/c1-4(7(9)10)16(13,14)6-3-2-5(15-6)8(11)12/h2-4H,1H3,(H2,9,10)(H,11,12). The smallest absolute Gasteiger partial charge is 0.371 e. The molecule has 1 aromatic rings. The number of nitrogens with two attached hydrogens (primary N) is 1. The van der Waals surface area contributed by atoms with Crippen LogP contribution in [0.2, 0.25) is 0 Å². The summed E-state index contributed by atoms with van der Waals surface area (Å²) in [5.41, 5.74) is 4.85. The predicted octanol–water partition coefficient (Wildman–Crippen LogP) is -0.375. The van der Waals surface area contributed by atoms with Gasteiger partial charge in [0.2, 0.25) is 26.6 Å². The molecule has 1 rings (SSSR count). The summed E-state index contributed by atoms with van der Waals surface area (Å²) in [5.74, 6) is -2.95. The summed E-state index contributed by atoms with van der Waals surface area (Å²) in [6, 6.07) is 1.96. The molecule has 7 nitrogen and oxygen atoms in total. The summed E-state index contributed by atoms with van der Waals surface area (Å²) in [5, 5.41) is 6.47. The number of sulfone groups is 1. The Morgan fingerprint density at radius 2 is 2.00 bits per heavy atom. The molecule has 0 aliphatic heterocycles. The molecule has 0 aromatic carbocycles. The molecule has 0 radical (unpaired) electrons. The van der Waals surface area contributed by atoms with Crippen LogP contribution in [0.3, 0.4) is 0 Å². The van der Waals surface area contributed by atoms with Crippen molar-refractivity contribution in [2.75, 3.05) is 0 Å². The van der Waals surface area contributed by atoms with Crippen molar-refractivity contribution < 1.29 is 27.5 Å². The highest BCUT2D eigenvalue weighted by molar-refractivity contribution is 7.92. The molecular formula is C8H9NO6S. The van der Waals surface area contributed by atoms with E-state index in [4.69, 9.17) is 10.8 Å². The van der Waals surface area contributed by atoms with Gasteiger partial charge in [-0.2, -0.15) is 0 Å². The van der Waals surface area contributed by atoms with Crippen molar-refractivity contribution in [3.05, 3.63) is 17.9 Å². The Bertz CT molecular complexity index is 528. The Morgan fingerprint density at radius 3 is 2.38 bits per heavy atom. The maximum absolute atomic E-state index is 11.6. The normalized spacial score (nSPS) is 13.3. The largest absolute Gasteiger partial charge is 0.475 e. The topological polar surface area (TPSA) is 128 Å². The third-order valence-electron chi connectivity index (χ3n) is 1.94. The average molecular weight is 247 g/mol. The lowest BCUT2D eigenvalue weighted by Crippen LogP contribution is -2.33. The molecule has 0 spiro atoms. The van der Waals surface area contributed by atoms with E-state index in [1.165, 1.54) is 0 Å². The molecule has 1 atom stereocenters. The number of furan rings is 1. The summed E-state index contributed by atoms with van der Waals surface area (Å²) in [7, 11) is -4.06. The highest BCUT2D eigenvalue weighted by Gasteiger charge is 2.31. The van der Waals surface area contributed by atoms with Gasteiger partial charge < -0.3 is 15.3 Å². The van der Waals surface area contributed by atoms with Gasteiger partial charge in [-0.1, -0.05) is 0 Å². The highest BCUT2D eigenvalue weighted by Crippen LogP contribution is 2.19. The van der Waals surface area contributed by atoms with Crippen LogP contribution in [-0.4, -0.2) is 30.7 Å². The van der Waals surface area contributed by atoms with E-state index in [0.717, 1.165) is 19.1 Å². The molecule has 88 valence electrons. The van der Waals surface area contributed by atoms with Crippen LogP contribution >= 0.6 is 0 Å². The summed E-state index contributed by atoms with van der Waals surface area (Å²) >= 11 is 0. The number of carbonyl (C=O) groups is 2. The van der Waals surface area contributed by atoms with E-state index < -0.39 is 37.8 Å². The van der Waals surface area contributed by atoms with Crippen LogP contribution in [0, 0.1) is 0 Å². The van der Waals surface area contributed by atoms with E-state index in [1.807, 2.05) is 0 Å². The maximum atomic E-state index is 11.6. The van der Waals surface area contributed by atoms with Crippen molar-refractivity contribution >= 4 is 21.7 Å². The molecule has 0 aliphatic carbocycles. The van der Waals surface area contributed by atoms with E-state index in [0.29, 0.717) is 0 Å². The third kappa shape index (κ3) is 2.06. The second-order valence-corrected chi connectivity index (χ2v) is 5.21. The zero-order chi connectivity index (χ0) is 12.5. The number of hydrogen-bond donors (Lipinski definition) is 2. The Morgan fingerprint density at radius 1 is 1.44 bits per heavy atom. The third-order valence-corrected chi connectivity index (χ3v) is 3.88. The summed E-state index contributed by atoms with van der Waals surface area (Å²) in [4.78, 5) is 21.2. The summed E-state index contributed by atoms with van der Waals surface area (Å²) in [6.07, 6.45) is 0. The van der Waals surface area contributed by atoms with Crippen LogP contribution in [-0.2, 0) is 14.6 Å². The molecule has 1 unspecified atom stereocenters. The van der Waals surface area contributed by atoms with Crippen molar-refractivity contribution in [2.45, 2.75) is 17.3 Å². The fourth-order valence-corrected chi connectivity index (χ4v) is 2.03. The first-order valence-corrected chi connectivity index (χ1v) is 5.67. The number of aromatic carboxylic acids is 1. The highest BCUT2D eigenvalue weighted by atomic mass is 32.2. The molecular weight excluding hydrogens is 238 g/mol. The zero-order valence-corrected chi connectivity index (χ0v) is 9.02. The monoisotopic (exact) mass is 247 g/mol. The van der Waals surface area contributed by atoms with Gasteiger partial charge in [0.15, 0.2) is 0 Å². The van der Waals surface area contributed by atoms with Crippen LogP contribution in [0.25, 0.3) is 0 Å². The predicted molar refractivity (Wildman–Crippen MR) is 51.5 cm³/mol. The second-order valence-electron chi connectivity index (χ2n) is 3.01. The Kier molecular flexibility index (Phi) is 3.04. The minimum Gasteiger partial charge on any atom is -0.475 e. The SMILES string of the molecule is CC(C(N)=O)S(=O)(=O)c1ccc(C(=O)O)o1. The molecule has 0 saturated carbocycles. The first kappa shape index (κ1) is 12.2. The number of hydrogen-bond acceptors (Lipinski definition) is 5. The van der Waals surface area contributed by atoms with Crippen LogP contribution in [0.4, 0.5) is 0 Å². The molecule has 0 fully saturated rings. The first-order valence-electron chi connectivity index (χ1n) is 4.13. The molecule has 0 bridgehead atoms. The van der Waals surface area contributed by atoms with Crippen molar-refractivity contribution in [3.8, 4) is 0 Å². The Balaban J connectivity index is 3.18. The van der Waals surface area contributed by atoms with Gasteiger partial charge in [-0.3, -0.25) is 4.79 Å². The van der Waals surface area contributed by atoms with Crippen LogP contribution in [0.15, 0.2) is 21.6 Å². The quantitative estimate of drug-likeness (QED) is 0.746. The van der Waals surface area contributed by atoms with E-state index in [9.17, 15) is 18.0 Å². The number of carbonyl (C=O) groups excluding carboxylic acids is 1. The number of primary amides is 1. The number of carboxylic acids is 1. The fourth-order valence-electron chi connectivity index (χ4n) is 0.915. The lowest BCUT2D eigenvalue weighted by atomic mass is 10.5. The molecule has 0 aliphatic rings. The van der Waals surface area contributed by atoms with Crippen molar-refractivity contribution in [1.29, 1.82) is 0 Å². The Labute approximate surface area is 90.8 Å². The van der Waals surface area contributed by atoms with Gasteiger partial charge in [0.25, 0.3) is 0 Å². The van der Waals surface area contributed by atoms with Crippen LogP contribution < -0.4 is 5.73 Å². The maximum Gasteiger partial charge on any atom is 0.371 e. The van der Waals surface area contributed by atoms with Gasteiger partial charge in [0.1, 0.15) is 5.25 Å². The lowest BCUT2D eigenvalue weighted by molar-refractivity contribution is -0.117. The fraction of sp³-hybridized carbons (Fsp3) is 0.250. The molecule has 8 heteroatoms. The van der Waals surface area contributed by atoms with Crippen molar-refractivity contribution in [1.82, 2.24) is 0 Å². The molecule has 1 aromatic heterocycles. The van der Waals surface area contributed by atoms with Gasteiger partial charge in [-0.25, -0.2) is 13.2 Å². The van der Waals surface area contributed by atoms with E-state index in [1.54, 1.807) is 0 Å². The molecule has 3 N–H and O–H groups in total. The minimum absolute atomic E-state index is 0.518. The van der Waals surface area contributed by atoms with Crippen molar-refractivity contribution in [2.24, 2.45) is 5.73 Å². The molecule has 1 heterocycles. The molecule has 16 heavy (non-hydrogen) atoms. The lowest BCUT2D eigenvalue weighted by Gasteiger charge is -2.05. The van der Waals surface area contributed by atoms with Gasteiger partial charge in [0, 0.05) is 0 Å². The van der Waals surface area contributed by atoms with Crippen LogP contribution in [0.5, 0.6) is 0 Å².